The molecule has 3 heterocycles. The van der Waals surface area contributed by atoms with Gasteiger partial charge in [-0.1, -0.05) is 49.3 Å². The van der Waals surface area contributed by atoms with E-state index in [-0.39, 0.29) is 17.5 Å². The van der Waals surface area contributed by atoms with E-state index in [9.17, 15) is 9.59 Å². The zero-order valence-electron chi connectivity index (χ0n) is 15.7. The molecule has 1 saturated carbocycles. The number of nitrogens with zero attached hydrogens (tertiary/aromatic N) is 3. The highest BCUT2D eigenvalue weighted by Crippen LogP contribution is 2.37. The number of anilines is 1. The van der Waals surface area contributed by atoms with Crippen LogP contribution in [0.3, 0.4) is 0 Å². The topological polar surface area (TPSA) is 66.7 Å². The third-order valence-corrected chi connectivity index (χ3v) is 6.48. The van der Waals surface area contributed by atoms with E-state index in [4.69, 9.17) is 12.2 Å². The van der Waals surface area contributed by atoms with E-state index >= 15 is 0 Å². The van der Waals surface area contributed by atoms with Crippen molar-refractivity contribution in [3.8, 4) is 0 Å². The summed E-state index contributed by atoms with van der Waals surface area (Å²) < 4.78 is 2.08. The quantitative estimate of drug-likeness (QED) is 0.608. The van der Waals surface area contributed by atoms with Crippen molar-refractivity contribution in [3.63, 3.8) is 0 Å². The number of amides is 1. The average Bonchev–Trinajstić information content (AvgIpc) is 2.99. The molecule has 0 bridgehead atoms. The van der Waals surface area contributed by atoms with Gasteiger partial charge in [-0.05, 0) is 38.0 Å². The van der Waals surface area contributed by atoms with Crippen LogP contribution in [0.5, 0.6) is 0 Å². The van der Waals surface area contributed by atoms with Crippen LogP contribution in [0.2, 0.25) is 0 Å². The average molecular weight is 415 g/mol. The summed E-state index contributed by atoms with van der Waals surface area (Å²) in [7, 11) is 0. The Bertz CT molecular complexity index is 1020. The van der Waals surface area contributed by atoms with Crippen molar-refractivity contribution in [2.75, 3.05) is 11.9 Å². The normalized spacial score (nSPS) is 19.8. The molecule has 1 amide bonds. The number of fused-ring (bicyclic) bond motifs is 1. The molecule has 1 aliphatic heterocycles. The van der Waals surface area contributed by atoms with Crippen LogP contribution >= 0.6 is 24.0 Å². The maximum Gasteiger partial charge on any atom is 0.267 e. The Morgan fingerprint density at radius 1 is 1.29 bits per heavy atom. The summed E-state index contributed by atoms with van der Waals surface area (Å²) in [6.45, 7) is 2.57. The fourth-order valence-electron chi connectivity index (χ4n) is 3.80. The van der Waals surface area contributed by atoms with Gasteiger partial charge in [0.1, 0.15) is 15.8 Å². The maximum absolute atomic E-state index is 13.1. The maximum atomic E-state index is 13.1. The van der Waals surface area contributed by atoms with Crippen LogP contribution in [-0.4, -0.2) is 37.1 Å². The predicted octanol–water partition coefficient (Wildman–Crippen LogP) is 3.66. The number of rotatable bonds is 4. The second kappa shape index (κ2) is 8.05. The molecular formula is C20H22N4O2S2. The number of hydrogen-bond donors (Lipinski definition) is 1. The van der Waals surface area contributed by atoms with Gasteiger partial charge in [-0.3, -0.25) is 18.9 Å². The van der Waals surface area contributed by atoms with E-state index in [1.807, 2.05) is 13.0 Å². The number of carbonyl (C=O) groups is 1. The molecule has 8 heteroatoms. The highest BCUT2D eigenvalue weighted by molar-refractivity contribution is 8.26. The molecule has 1 saturated heterocycles. The zero-order valence-corrected chi connectivity index (χ0v) is 17.3. The lowest BCUT2D eigenvalue weighted by Crippen LogP contribution is -2.39. The van der Waals surface area contributed by atoms with Crippen molar-refractivity contribution in [3.05, 3.63) is 45.2 Å². The molecule has 1 aliphatic carbocycles. The van der Waals surface area contributed by atoms with E-state index in [0.717, 1.165) is 25.7 Å². The Labute approximate surface area is 173 Å². The van der Waals surface area contributed by atoms with Gasteiger partial charge in [0, 0.05) is 18.8 Å². The number of thioether (sulfide) groups is 1. The lowest BCUT2D eigenvalue weighted by atomic mass is 9.94. The zero-order chi connectivity index (χ0) is 19.7. The van der Waals surface area contributed by atoms with Gasteiger partial charge in [0.05, 0.1) is 10.5 Å². The lowest BCUT2D eigenvalue weighted by molar-refractivity contribution is -0.124. The van der Waals surface area contributed by atoms with E-state index < -0.39 is 0 Å². The predicted molar refractivity (Wildman–Crippen MR) is 118 cm³/mol. The second-order valence-corrected chi connectivity index (χ2v) is 8.66. The molecule has 0 radical (unpaired) electrons. The molecule has 0 aromatic carbocycles. The van der Waals surface area contributed by atoms with Crippen LogP contribution in [0.1, 0.15) is 44.6 Å². The monoisotopic (exact) mass is 414 g/mol. The van der Waals surface area contributed by atoms with Crippen molar-refractivity contribution in [2.45, 2.75) is 45.1 Å². The third-order valence-electron chi connectivity index (χ3n) is 5.15. The van der Waals surface area contributed by atoms with Gasteiger partial charge in [0.2, 0.25) is 0 Å². The molecule has 0 unspecified atom stereocenters. The van der Waals surface area contributed by atoms with Gasteiger partial charge < -0.3 is 5.32 Å². The molecule has 0 spiro atoms. The summed E-state index contributed by atoms with van der Waals surface area (Å²) in [5, 5.41) is 3.15. The molecule has 1 N–H and O–H groups in total. The summed E-state index contributed by atoms with van der Waals surface area (Å²) in [6, 6.07) is 5.59. The van der Waals surface area contributed by atoms with Gasteiger partial charge in [-0.15, -0.1) is 0 Å². The first-order valence-electron chi connectivity index (χ1n) is 9.62. The van der Waals surface area contributed by atoms with Crippen LogP contribution in [0.4, 0.5) is 5.82 Å². The fourth-order valence-corrected chi connectivity index (χ4v) is 5.18. The van der Waals surface area contributed by atoms with Gasteiger partial charge >= 0.3 is 0 Å². The van der Waals surface area contributed by atoms with Crippen molar-refractivity contribution < 1.29 is 4.79 Å². The Balaban J connectivity index is 1.76. The van der Waals surface area contributed by atoms with Gasteiger partial charge in [0.15, 0.2) is 0 Å². The molecule has 2 aliphatic rings. The van der Waals surface area contributed by atoms with Crippen molar-refractivity contribution in [1.29, 1.82) is 0 Å². The Morgan fingerprint density at radius 2 is 2.07 bits per heavy atom. The summed E-state index contributed by atoms with van der Waals surface area (Å²) in [6.07, 6.45) is 8.78. The van der Waals surface area contributed by atoms with Gasteiger partial charge in [-0.2, -0.15) is 0 Å². The molecule has 2 fully saturated rings. The fraction of sp³-hybridized carbons (Fsp3) is 0.400. The van der Waals surface area contributed by atoms with Crippen molar-refractivity contribution in [2.24, 2.45) is 0 Å². The highest BCUT2D eigenvalue weighted by Gasteiger charge is 2.37. The van der Waals surface area contributed by atoms with Gasteiger partial charge in [0.25, 0.3) is 11.5 Å². The van der Waals surface area contributed by atoms with E-state index in [1.165, 1.54) is 22.6 Å². The Kier molecular flexibility index (Phi) is 5.50. The Hall–Kier alpha value is -2.19. The summed E-state index contributed by atoms with van der Waals surface area (Å²) in [4.78, 5) is 32.9. The molecule has 6 nitrogen and oxygen atoms in total. The molecule has 4 rings (SSSR count). The lowest BCUT2D eigenvalue weighted by Gasteiger charge is -2.29. The summed E-state index contributed by atoms with van der Waals surface area (Å²) in [5.41, 5.74) is 0.745. The molecule has 28 heavy (non-hydrogen) atoms. The smallest absolute Gasteiger partial charge is 0.267 e. The number of thiocarbonyl (C=S) groups is 1. The standard InChI is InChI=1S/C20H22N4O2S2/c1-2-21-17-14(18(25)23-11-7-6-10-16(23)22-17)12-15-19(26)24(20(27)28-15)13-8-4-3-5-9-13/h6-7,10-13,21H,2-5,8-9H2,1H3. The van der Waals surface area contributed by atoms with Crippen molar-refractivity contribution >= 4 is 51.7 Å². The largest absolute Gasteiger partial charge is 0.370 e. The van der Waals surface area contributed by atoms with Crippen LogP contribution in [-0.2, 0) is 4.79 Å². The van der Waals surface area contributed by atoms with Crippen LogP contribution in [0, 0.1) is 0 Å². The van der Waals surface area contributed by atoms with Crippen molar-refractivity contribution in [1.82, 2.24) is 14.3 Å². The SMILES string of the molecule is CCNc1nc2ccccn2c(=O)c1C=C1SC(=S)N(C2CCCCC2)C1=O. The summed E-state index contributed by atoms with van der Waals surface area (Å²) >= 11 is 6.77. The number of nitrogens with one attached hydrogen (secondary N) is 1. The van der Waals surface area contributed by atoms with Crippen LogP contribution < -0.4 is 10.9 Å². The van der Waals surface area contributed by atoms with Crippen LogP contribution in [0.25, 0.3) is 11.7 Å². The molecular weight excluding hydrogens is 392 g/mol. The Morgan fingerprint density at radius 3 is 2.82 bits per heavy atom. The number of pyridine rings is 1. The summed E-state index contributed by atoms with van der Waals surface area (Å²) in [5.74, 6) is 0.392. The first-order valence-corrected chi connectivity index (χ1v) is 10.8. The number of hydrogen-bond acceptors (Lipinski definition) is 6. The first-order chi connectivity index (χ1) is 13.6. The third kappa shape index (κ3) is 3.46. The molecule has 2 aromatic rings. The molecule has 2 aromatic heterocycles. The van der Waals surface area contributed by atoms with E-state index in [1.54, 1.807) is 29.3 Å². The minimum atomic E-state index is -0.204. The first kappa shape index (κ1) is 19.1. The molecule has 0 atom stereocenters. The number of aromatic nitrogens is 2. The number of carbonyl (C=O) groups excluding carboxylic acids is 1. The second-order valence-electron chi connectivity index (χ2n) is 6.98. The minimum Gasteiger partial charge on any atom is -0.370 e. The molecule has 146 valence electrons. The van der Waals surface area contributed by atoms with Gasteiger partial charge in [-0.25, -0.2) is 4.98 Å². The van der Waals surface area contributed by atoms with Crippen LogP contribution in [0.15, 0.2) is 34.1 Å². The van der Waals surface area contributed by atoms with E-state index in [0.29, 0.717) is 32.8 Å². The highest BCUT2D eigenvalue weighted by atomic mass is 32.2. The minimum absolute atomic E-state index is 0.0955. The van der Waals surface area contributed by atoms with E-state index in [2.05, 4.69) is 10.3 Å².